The molecule has 6 heteroatoms. The van der Waals surface area contributed by atoms with Gasteiger partial charge in [-0.1, -0.05) is 13.0 Å². The Hall–Kier alpha value is -1.76. The number of amides is 1. The van der Waals surface area contributed by atoms with Gasteiger partial charge in [0.1, 0.15) is 0 Å². The molecule has 1 unspecified atom stereocenters. The summed E-state index contributed by atoms with van der Waals surface area (Å²) in [7, 11) is 4.10. The third-order valence-corrected chi connectivity index (χ3v) is 7.18. The Morgan fingerprint density at radius 1 is 1.36 bits per heavy atom. The molecule has 1 saturated heterocycles. The summed E-state index contributed by atoms with van der Waals surface area (Å²) in [5.41, 5.74) is 4.61. The molecule has 0 saturated carbocycles. The largest absolute Gasteiger partial charge is 0.337 e. The van der Waals surface area contributed by atoms with Crippen molar-refractivity contribution >= 4 is 17.2 Å². The molecule has 150 valence electrons. The molecule has 0 aliphatic carbocycles. The zero-order valence-electron chi connectivity index (χ0n) is 17.1. The highest BCUT2D eigenvalue weighted by Crippen LogP contribution is 2.30. The SMILES string of the molecule is CCc1ccc(CN2CCc3c(C(=O)N(C)C4CCN(C)C4)csc3C2)nc1. The summed E-state index contributed by atoms with van der Waals surface area (Å²) < 4.78 is 0. The first-order valence-electron chi connectivity index (χ1n) is 10.3. The normalized spacial score (nSPS) is 20.3. The Bertz CT molecular complexity index is 832. The first-order chi connectivity index (χ1) is 13.5. The average molecular weight is 399 g/mol. The summed E-state index contributed by atoms with van der Waals surface area (Å²) in [6.45, 7) is 6.98. The van der Waals surface area contributed by atoms with Crippen molar-refractivity contribution in [3.05, 3.63) is 51.0 Å². The van der Waals surface area contributed by atoms with E-state index in [-0.39, 0.29) is 5.91 Å². The van der Waals surface area contributed by atoms with E-state index in [1.807, 2.05) is 18.1 Å². The summed E-state index contributed by atoms with van der Waals surface area (Å²) in [6, 6.07) is 4.66. The van der Waals surface area contributed by atoms with Crippen LogP contribution in [0, 0.1) is 0 Å². The number of carbonyl (C=O) groups is 1. The molecule has 0 radical (unpaired) electrons. The molecule has 0 spiro atoms. The third kappa shape index (κ3) is 4.00. The Morgan fingerprint density at radius 3 is 2.89 bits per heavy atom. The number of aryl methyl sites for hydroxylation is 1. The minimum Gasteiger partial charge on any atom is -0.337 e. The quantitative estimate of drug-likeness (QED) is 0.776. The van der Waals surface area contributed by atoms with Crippen LogP contribution in [0.5, 0.6) is 0 Å². The molecular weight excluding hydrogens is 368 g/mol. The minimum atomic E-state index is 0.197. The molecule has 2 aliphatic heterocycles. The number of hydrogen-bond donors (Lipinski definition) is 0. The van der Waals surface area contributed by atoms with Crippen LogP contribution in [0.4, 0.5) is 0 Å². The molecule has 4 heterocycles. The summed E-state index contributed by atoms with van der Waals surface area (Å²) in [5.74, 6) is 0.197. The van der Waals surface area contributed by atoms with Crippen molar-refractivity contribution < 1.29 is 4.79 Å². The van der Waals surface area contributed by atoms with Gasteiger partial charge in [-0.3, -0.25) is 14.7 Å². The van der Waals surface area contributed by atoms with Crippen molar-refractivity contribution in [3.63, 3.8) is 0 Å². The number of pyridine rings is 1. The number of aromatic nitrogens is 1. The summed E-state index contributed by atoms with van der Waals surface area (Å²) in [6.07, 6.45) is 5.04. The first kappa shape index (κ1) is 19.6. The number of likely N-dealkylation sites (tertiary alicyclic amines) is 1. The number of rotatable bonds is 5. The Kier molecular flexibility index (Phi) is 5.80. The molecule has 5 nitrogen and oxygen atoms in total. The van der Waals surface area contributed by atoms with Crippen LogP contribution in [0.1, 0.15) is 45.4 Å². The fraction of sp³-hybridized carbons (Fsp3) is 0.545. The molecule has 28 heavy (non-hydrogen) atoms. The van der Waals surface area contributed by atoms with E-state index in [9.17, 15) is 4.79 Å². The minimum absolute atomic E-state index is 0.197. The van der Waals surface area contributed by atoms with E-state index in [1.54, 1.807) is 11.3 Å². The zero-order chi connectivity index (χ0) is 19.7. The van der Waals surface area contributed by atoms with Crippen LogP contribution in [0.25, 0.3) is 0 Å². The molecule has 1 atom stereocenters. The van der Waals surface area contributed by atoms with Crippen molar-refractivity contribution in [2.24, 2.45) is 0 Å². The first-order valence-corrected chi connectivity index (χ1v) is 11.1. The average Bonchev–Trinajstić information content (AvgIpc) is 3.33. The van der Waals surface area contributed by atoms with Gasteiger partial charge in [-0.05, 0) is 50.0 Å². The van der Waals surface area contributed by atoms with Crippen LogP contribution in [-0.2, 0) is 25.9 Å². The third-order valence-electron chi connectivity index (χ3n) is 6.17. The lowest BCUT2D eigenvalue weighted by atomic mass is 10.0. The molecule has 1 amide bonds. The molecule has 0 aromatic carbocycles. The highest BCUT2D eigenvalue weighted by Gasteiger charge is 2.30. The molecule has 0 bridgehead atoms. The predicted octanol–water partition coefficient (Wildman–Crippen LogP) is 3.04. The summed E-state index contributed by atoms with van der Waals surface area (Å²) in [4.78, 5) is 25.8. The van der Waals surface area contributed by atoms with E-state index in [1.165, 1.54) is 16.0 Å². The van der Waals surface area contributed by atoms with Gasteiger partial charge >= 0.3 is 0 Å². The van der Waals surface area contributed by atoms with E-state index in [4.69, 9.17) is 0 Å². The number of likely N-dealkylation sites (N-methyl/N-ethyl adjacent to an activating group) is 2. The molecular formula is C22H30N4OS. The van der Waals surface area contributed by atoms with Crippen molar-refractivity contribution in [2.75, 3.05) is 33.7 Å². The fourth-order valence-corrected chi connectivity index (χ4v) is 5.38. The van der Waals surface area contributed by atoms with Gasteiger partial charge in [0.25, 0.3) is 5.91 Å². The number of fused-ring (bicyclic) bond motifs is 1. The lowest BCUT2D eigenvalue weighted by molar-refractivity contribution is 0.0736. The van der Waals surface area contributed by atoms with E-state index in [2.05, 4.69) is 46.3 Å². The van der Waals surface area contributed by atoms with Crippen LogP contribution < -0.4 is 0 Å². The van der Waals surface area contributed by atoms with Crippen molar-refractivity contribution in [1.82, 2.24) is 19.7 Å². The maximum atomic E-state index is 13.1. The van der Waals surface area contributed by atoms with E-state index in [0.29, 0.717) is 6.04 Å². The molecule has 4 rings (SSSR count). The predicted molar refractivity (Wildman–Crippen MR) is 114 cm³/mol. The highest BCUT2D eigenvalue weighted by atomic mass is 32.1. The zero-order valence-corrected chi connectivity index (χ0v) is 18.0. The standard InChI is InChI=1S/C22H30N4OS/c1-4-16-5-6-17(23-11-16)12-26-10-8-19-20(15-28-21(19)14-26)22(27)25(3)18-7-9-24(2)13-18/h5-6,11,15,18H,4,7-10,12-14H2,1-3H3. The van der Waals surface area contributed by atoms with Crippen LogP contribution in [0.2, 0.25) is 0 Å². The van der Waals surface area contributed by atoms with E-state index in [0.717, 1.165) is 63.2 Å². The van der Waals surface area contributed by atoms with Crippen LogP contribution in [0.3, 0.4) is 0 Å². The Labute approximate surface area is 172 Å². The maximum absolute atomic E-state index is 13.1. The summed E-state index contributed by atoms with van der Waals surface area (Å²) in [5, 5.41) is 2.08. The second-order valence-corrected chi connectivity index (χ2v) is 9.11. The number of hydrogen-bond acceptors (Lipinski definition) is 5. The molecule has 2 aliphatic rings. The number of thiophene rings is 1. The topological polar surface area (TPSA) is 39.7 Å². The maximum Gasteiger partial charge on any atom is 0.255 e. The van der Waals surface area contributed by atoms with Gasteiger partial charge in [-0.15, -0.1) is 11.3 Å². The fourth-order valence-electron chi connectivity index (χ4n) is 4.27. The second kappa shape index (κ2) is 8.31. The monoisotopic (exact) mass is 398 g/mol. The molecule has 2 aromatic rings. The number of carbonyl (C=O) groups excluding carboxylic acids is 1. The van der Waals surface area contributed by atoms with Gasteiger partial charge < -0.3 is 9.80 Å². The molecule has 1 fully saturated rings. The van der Waals surface area contributed by atoms with E-state index < -0.39 is 0 Å². The highest BCUT2D eigenvalue weighted by molar-refractivity contribution is 7.10. The number of nitrogens with zero attached hydrogens (tertiary/aromatic N) is 4. The van der Waals surface area contributed by atoms with Gasteiger partial charge in [0.15, 0.2) is 0 Å². The van der Waals surface area contributed by atoms with Gasteiger partial charge in [0.2, 0.25) is 0 Å². The van der Waals surface area contributed by atoms with Crippen LogP contribution in [0.15, 0.2) is 23.7 Å². The van der Waals surface area contributed by atoms with Gasteiger partial charge in [0.05, 0.1) is 11.3 Å². The van der Waals surface area contributed by atoms with Crippen molar-refractivity contribution in [1.29, 1.82) is 0 Å². The van der Waals surface area contributed by atoms with Crippen molar-refractivity contribution in [2.45, 2.75) is 45.3 Å². The smallest absolute Gasteiger partial charge is 0.255 e. The molecule has 0 N–H and O–H groups in total. The lowest BCUT2D eigenvalue weighted by Crippen LogP contribution is -2.39. The summed E-state index contributed by atoms with van der Waals surface area (Å²) >= 11 is 1.74. The van der Waals surface area contributed by atoms with Crippen molar-refractivity contribution in [3.8, 4) is 0 Å². The Balaban J connectivity index is 1.42. The molecule has 2 aromatic heterocycles. The van der Waals surface area contributed by atoms with E-state index >= 15 is 0 Å². The lowest BCUT2D eigenvalue weighted by Gasteiger charge is -2.28. The van der Waals surface area contributed by atoms with Crippen LogP contribution >= 0.6 is 11.3 Å². The van der Waals surface area contributed by atoms with Gasteiger partial charge in [-0.25, -0.2) is 0 Å². The second-order valence-electron chi connectivity index (χ2n) is 8.14. The Morgan fingerprint density at radius 2 is 2.21 bits per heavy atom. The van der Waals surface area contributed by atoms with Gasteiger partial charge in [0, 0.05) is 55.7 Å². The van der Waals surface area contributed by atoms with Crippen LogP contribution in [-0.4, -0.2) is 65.4 Å². The van der Waals surface area contributed by atoms with Gasteiger partial charge in [-0.2, -0.15) is 0 Å².